The Bertz CT molecular complexity index is 27.3. The van der Waals surface area contributed by atoms with Gasteiger partial charge in [0.2, 0.25) is 0 Å². The van der Waals surface area contributed by atoms with E-state index in [4.69, 9.17) is 0 Å². The third kappa shape index (κ3) is 5.89. The fraction of sp³-hybridized carbons (Fsp3) is 0.800. The van der Waals surface area contributed by atoms with E-state index < -0.39 is 0 Å². The highest BCUT2D eigenvalue weighted by Gasteiger charge is 1.82. The maximum atomic E-state index is 11.2. The molecule has 0 atom stereocenters. The normalized spacial score (nSPS) is 9.43. The minimum absolute atomic E-state index is 0.247. The number of rotatable bonds is 4. The Morgan fingerprint density at radius 3 is 2.57 bits per heavy atom. The van der Waals surface area contributed by atoms with E-state index in [1.807, 2.05) is 0 Å². The molecule has 0 saturated heterocycles. The fourth-order valence-corrected chi connectivity index (χ4v) is 0.299. The number of ether oxygens (including phenoxy) is 1. The number of hydrogen-bond acceptors (Lipinski definition) is 1. The van der Waals surface area contributed by atoms with Gasteiger partial charge >= 0.3 is 0 Å². The molecule has 0 spiro atoms. The van der Waals surface area contributed by atoms with Gasteiger partial charge in [0, 0.05) is 6.61 Å². The van der Waals surface area contributed by atoms with Crippen LogP contribution in [0.25, 0.3) is 0 Å². The van der Waals surface area contributed by atoms with Crippen molar-refractivity contribution in [3.8, 4) is 0 Å². The van der Waals surface area contributed by atoms with Crippen molar-refractivity contribution in [1.82, 2.24) is 0 Å². The molecule has 0 rings (SSSR count). The molecule has 7 heavy (non-hydrogen) atoms. The minimum atomic E-state index is -0.247. The molecule has 0 saturated carbocycles. The number of alkyl halides is 1. The molecule has 1 nitrogen and oxygen atoms in total. The lowest BCUT2D eigenvalue weighted by atomic mass is 10.3. The van der Waals surface area contributed by atoms with Crippen LogP contribution in [-0.4, -0.2) is 13.3 Å². The Morgan fingerprint density at radius 2 is 2.14 bits per heavy atom. The van der Waals surface area contributed by atoms with Crippen LogP contribution < -0.4 is 0 Å². The van der Waals surface area contributed by atoms with Crippen molar-refractivity contribution in [1.29, 1.82) is 0 Å². The molecule has 0 bridgehead atoms. The van der Waals surface area contributed by atoms with Gasteiger partial charge in [-0.05, 0) is 12.8 Å². The lowest BCUT2D eigenvalue weighted by molar-refractivity contribution is 0.230. The summed E-state index contributed by atoms with van der Waals surface area (Å²) in [6.07, 6.45) is 1.37. The second kappa shape index (κ2) is 5.89. The molecule has 0 N–H and O–H groups in total. The Kier molecular flexibility index (Phi) is 5.80. The van der Waals surface area contributed by atoms with Gasteiger partial charge in [0.15, 0.2) is 0 Å². The Balaban J connectivity index is 2.45. The molecule has 1 radical (unpaired) electrons. The summed E-state index contributed by atoms with van der Waals surface area (Å²) in [4.78, 5) is 0. The maximum Gasteiger partial charge on any atom is 0.0895 e. The number of halogens is 1. The molecule has 0 aromatic carbocycles. The highest BCUT2D eigenvalue weighted by Crippen LogP contribution is 1.88. The van der Waals surface area contributed by atoms with Gasteiger partial charge in [-0.1, -0.05) is 0 Å². The lowest BCUT2D eigenvalue weighted by Crippen LogP contribution is -1.86. The second-order valence-electron chi connectivity index (χ2n) is 1.30. The van der Waals surface area contributed by atoms with E-state index in [1.54, 1.807) is 0 Å². The smallest absolute Gasteiger partial charge is 0.0895 e. The highest BCUT2D eigenvalue weighted by molar-refractivity contribution is 4.34. The summed E-state index contributed by atoms with van der Waals surface area (Å²) in [6.45, 7) is 0.327. The molecule has 2 heteroatoms. The summed E-state index contributed by atoms with van der Waals surface area (Å²) in [7, 11) is 3.14. The summed E-state index contributed by atoms with van der Waals surface area (Å²) in [5, 5.41) is 0. The van der Waals surface area contributed by atoms with Gasteiger partial charge in [0.25, 0.3) is 0 Å². The van der Waals surface area contributed by atoms with Crippen LogP contribution in [0.4, 0.5) is 4.39 Å². The molecule has 0 heterocycles. The molecule has 0 aromatic rings. The molecule has 0 aromatic heterocycles. The average Bonchev–Trinajstić information content (AvgIpc) is 1.69. The molecular weight excluding hydrogens is 95.1 g/mol. The van der Waals surface area contributed by atoms with E-state index in [0.29, 0.717) is 13.0 Å². The van der Waals surface area contributed by atoms with Gasteiger partial charge in [0.1, 0.15) is 0 Å². The Hall–Kier alpha value is -0.110. The van der Waals surface area contributed by atoms with Crippen molar-refractivity contribution < 1.29 is 9.13 Å². The second-order valence-corrected chi connectivity index (χ2v) is 1.30. The van der Waals surface area contributed by atoms with Gasteiger partial charge in [-0.2, -0.15) is 0 Å². The first-order valence-electron chi connectivity index (χ1n) is 2.34. The van der Waals surface area contributed by atoms with E-state index in [0.717, 1.165) is 6.42 Å². The van der Waals surface area contributed by atoms with Gasteiger partial charge in [-0.25, -0.2) is 0 Å². The molecule has 43 valence electrons. The van der Waals surface area contributed by atoms with E-state index in [9.17, 15) is 4.39 Å². The van der Waals surface area contributed by atoms with Crippen molar-refractivity contribution >= 4 is 0 Å². The van der Waals surface area contributed by atoms with Crippen LogP contribution in [0.5, 0.6) is 0 Å². The minimum Gasteiger partial charge on any atom is -0.379 e. The maximum absolute atomic E-state index is 11.2. The van der Waals surface area contributed by atoms with E-state index >= 15 is 0 Å². The van der Waals surface area contributed by atoms with Crippen LogP contribution in [0.1, 0.15) is 12.8 Å². The van der Waals surface area contributed by atoms with Gasteiger partial charge in [-0.3, -0.25) is 4.39 Å². The molecule has 0 amide bonds. The summed E-state index contributed by atoms with van der Waals surface area (Å²) in [5.41, 5.74) is 0. The summed E-state index contributed by atoms with van der Waals surface area (Å²) in [5.74, 6) is 0. The van der Waals surface area contributed by atoms with E-state index in [-0.39, 0.29) is 6.67 Å². The number of unbranched alkanes of at least 4 members (excludes halogenated alkanes) is 1. The van der Waals surface area contributed by atoms with Crippen LogP contribution in [0, 0.1) is 7.11 Å². The molecule has 0 aliphatic heterocycles. The van der Waals surface area contributed by atoms with Crippen molar-refractivity contribution in [3.63, 3.8) is 0 Å². The zero-order valence-corrected chi connectivity index (χ0v) is 4.32. The molecule has 0 aliphatic rings. The summed E-state index contributed by atoms with van der Waals surface area (Å²) in [6, 6.07) is 0. The van der Waals surface area contributed by atoms with Gasteiger partial charge in [0.05, 0.1) is 13.8 Å². The molecule has 0 aliphatic carbocycles. The standard InChI is InChI=1S/C5H10FO/c1-7-5-3-2-4-6/h1-5H2. The van der Waals surface area contributed by atoms with Crippen LogP contribution in [-0.2, 0) is 4.74 Å². The Morgan fingerprint density at radius 1 is 1.43 bits per heavy atom. The van der Waals surface area contributed by atoms with Crippen molar-refractivity contribution in [2.24, 2.45) is 0 Å². The monoisotopic (exact) mass is 105 g/mol. The molecule has 0 fully saturated rings. The van der Waals surface area contributed by atoms with Crippen molar-refractivity contribution in [3.05, 3.63) is 7.11 Å². The summed E-state index contributed by atoms with van der Waals surface area (Å²) >= 11 is 0. The molecule has 0 unspecified atom stereocenters. The van der Waals surface area contributed by atoms with Crippen LogP contribution in [0.15, 0.2) is 0 Å². The van der Waals surface area contributed by atoms with E-state index in [2.05, 4.69) is 11.8 Å². The first kappa shape index (κ1) is 6.89. The first-order chi connectivity index (χ1) is 3.41. The fourth-order valence-electron chi connectivity index (χ4n) is 0.299. The Labute approximate surface area is 43.5 Å². The predicted molar refractivity (Wildman–Crippen MR) is 26.5 cm³/mol. The topological polar surface area (TPSA) is 9.23 Å². The number of hydrogen-bond donors (Lipinski definition) is 0. The van der Waals surface area contributed by atoms with Crippen LogP contribution in [0.2, 0.25) is 0 Å². The highest BCUT2D eigenvalue weighted by atomic mass is 19.1. The van der Waals surface area contributed by atoms with Gasteiger partial charge in [-0.15, -0.1) is 0 Å². The lowest BCUT2D eigenvalue weighted by Gasteiger charge is -1.91. The third-order valence-electron chi connectivity index (χ3n) is 0.672. The largest absolute Gasteiger partial charge is 0.379 e. The predicted octanol–water partition coefficient (Wildman–Crippen LogP) is 1.54. The zero-order valence-electron chi connectivity index (χ0n) is 4.32. The molecular formula is C5H10FO. The quantitative estimate of drug-likeness (QED) is 0.493. The average molecular weight is 105 g/mol. The van der Waals surface area contributed by atoms with Crippen LogP contribution in [0.3, 0.4) is 0 Å². The zero-order chi connectivity index (χ0) is 5.54. The van der Waals surface area contributed by atoms with E-state index in [1.165, 1.54) is 0 Å². The van der Waals surface area contributed by atoms with Crippen LogP contribution >= 0.6 is 0 Å². The van der Waals surface area contributed by atoms with Crippen molar-refractivity contribution in [2.45, 2.75) is 12.8 Å². The SMILES string of the molecule is [CH2]OCCCCF. The third-order valence-corrected chi connectivity index (χ3v) is 0.672. The summed E-state index contributed by atoms with van der Waals surface area (Å²) < 4.78 is 15.7. The van der Waals surface area contributed by atoms with Gasteiger partial charge < -0.3 is 4.74 Å². The first-order valence-corrected chi connectivity index (χ1v) is 2.34. The van der Waals surface area contributed by atoms with Crippen molar-refractivity contribution in [2.75, 3.05) is 13.3 Å².